The average Bonchev–Trinajstić information content (AvgIpc) is 3.07. The third-order valence-electron chi connectivity index (χ3n) is 6.36. The first-order chi connectivity index (χ1) is 14.9. The van der Waals surface area contributed by atoms with Crippen LogP contribution in [0.1, 0.15) is 42.4 Å². The van der Waals surface area contributed by atoms with Crippen molar-refractivity contribution >= 4 is 0 Å². The largest absolute Gasteiger partial charge is 0.336 e. The molecule has 0 amide bonds. The van der Waals surface area contributed by atoms with Crippen LogP contribution in [0.25, 0.3) is 22.5 Å². The predicted molar refractivity (Wildman–Crippen MR) is 127 cm³/mol. The number of fused-ring (bicyclic) bond motifs is 1. The number of rotatable bonds is 4. The Labute approximate surface area is 180 Å². The van der Waals surface area contributed by atoms with Gasteiger partial charge in [-0.25, -0.2) is 0 Å². The zero-order valence-corrected chi connectivity index (χ0v) is 17.6. The number of nitrogens with zero attached hydrogens (tertiary/aromatic N) is 1. The number of benzene rings is 3. The average molecular weight is 392 g/mol. The molecule has 0 atom stereocenters. The molecule has 1 aromatic heterocycles. The van der Waals surface area contributed by atoms with Gasteiger partial charge in [0.05, 0.1) is 11.4 Å². The lowest BCUT2D eigenvalue weighted by molar-refractivity contribution is 0.620. The molecule has 0 bridgehead atoms. The van der Waals surface area contributed by atoms with Gasteiger partial charge in [-0.15, -0.1) is 0 Å². The normalized spacial score (nSPS) is 14.0. The SMILES string of the molecule is c1ccc(Cn2c(-c3ccccc3)c3c(c2-c2ccccc2)CCCCCC3)cc1. The van der Waals surface area contributed by atoms with Crippen LogP contribution in [0.2, 0.25) is 0 Å². The quantitative estimate of drug-likeness (QED) is 0.339. The topological polar surface area (TPSA) is 4.93 Å². The van der Waals surface area contributed by atoms with Crippen LogP contribution in [0.4, 0.5) is 0 Å². The summed E-state index contributed by atoms with van der Waals surface area (Å²) in [6.45, 7) is 0.905. The summed E-state index contributed by atoms with van der Waals surface area (Å²) < 4.78 is 2.61. The maximum atomic E-state index is 2.61. The van der Waals surface area contributed by atoms with Crippen molar-refractivity contribution < 1.29 is 0 Å². The van der Waals surface area contributed by atoms with Gasteiger partial charge in [-0.1, -0.05) is 104 Å². The first-order valence-corrected chi connectivity index (χ1v) is 11.3. The lowest BCUT2D eigenvalue weighted by Crippen LogP contribution is -2.05. The smallest absolute Gasteiger partial charge is 0.0523 e. The summed E-state index contributed by atoms with van der Waals surface area (Å²) in [7, 11) is 0. The van der Waals surface area contributed by atoms with E-state index in [4.69, 9.17) is 0 Å². The van der Waals surface area contributed by atoms with Gasteiger partial charge in [0, 0.05) is 6.54 Å². The van der Waals surface area contributed by atoms with Crippen LogP contribution in [0.5, 0.6) is 0 Å². The third kappa shape index (κ3) is 3.73. The van der Waals surface area contributed by atoms with E-state index in [9.17, 15) is 0 Å². The van der Waals surface area contributed by atoms with E-state index in [-0.39, 0.29) is 0 Å². The Morgan fingerprint density at radius 1 is 0.500 bits per heavy atom. The lowest BCUT2D eigenvalue weighted by Gasteiger charge is -2.16. The maximum Gasteiger partial charge on any atom is 0.0523 e. The molecule has 1 aliphatic carbocycles. The van der Waals surface area contributed by atoms with Gasteiger partial charge in [-0.2, -0.15) is 0 Å². The molecule has 1 heteroatoms. The summed E-state index contributed by atoms with van der Waals surface area (Å²) in [5.41, 5.74) is 10.0. The summed E-state index contributed by atoms with van der Waals surface area (Å²) >= 11 is 0. The molecule has 150 valence electrons. The zero-order valence-electron chi connectivity index (χ0n) is 17.6. The van der Waals surface area contributed by atoms with Gasteiger partial charge >= 0.3 is 0 Å². The second-order valence-corrected chi connectivity index (χ2v) is 8.37. The van der Waals surface area contributed by atoms with E-state index < -0.39 is 0 Å². The van der Waals surface area contributed by atoms with Crippen LogP contribution >= 0.6 is 0 Å². The Bertz CT molecular complexity index is 1020. The molecule has 0 aliphatic heterocycles. The van der Waals surface area contributed by atoms with E-state index in [0.29, 0.717) is 0 Å². The zero-order chi connectivity index (χ0) is 20.2. The Kier molecular flexibility index (Phi) is 5.52. The fourth-order valence-corrected chi connectivity index (χ4v) is 5.00. The minimum Gasteiger partial charge on any atom is -0.336 e. The van der Waals surface area contributed by atoms with Gasteiger partial charge in [0.25, 0.3) is 0 Å². The fourth-order valence-electron chi connectivity index (χ4n) is 5.00. The molecule has 1 aliphatic rings. The fraction of sp³-hybridized carbons (Fsp3) is 0.241. The molecule has 30 heavy (non-hydrogen) atoms. The van der Waals surface area contributed by atoms with Crippen molar-refractivity contribution in [2.45, 2.75) is 45.1 Å². The summed E-state index contributed by atoms with van der Waals surface area (Å²) in [4.78, 5) is 0. The second-order valence-electron chi connectivity index (χ2n) is 8.37. The van der Waals surface area contributed by atoms with Crippen molar-refractivity contribution in [2.75, 3.05) is 0 Å². The Morgan fingerprint density at radius 2 is 0.933 bits per heavy atom. The monoisotopic (exact) mass is 391 g/mol. The summed E-state index contributed by atoms with van der Waals surface area (Å²) in [6.07, 6.45) is 7.63. The van der Waals surface area contributed by atoms with Gasteiger partial charge in [0.1, 0.15) is 0 Å². The van der Waals surface area contributed by atoms with Crippen molar-refractivity contribution in [3.63, 3.8) is 0 Å². The molecule has 0 fully saturated rings. The van der Waals surface area contributed by atoms with Crippen molar-refractivity contribution in [2.24, 2.45) is 0 Å². The Morgan fingerprint density at radius 3 is 1.40 bits per heavy atom. The van der Waals surface area contributed by atoms with Gasteiger partial charge in [0.15, 0.2) is 0 Å². The first-order valence-electron chi connectivity index (χ1n) is 11.3. The summed E-state index contributed by atoms with van der Waals surface area (Å²) in [5, 5.41) is 0. The molecule has 0 N–H and O–H groups in total. The highest BCUT2D eigenvalue weighted by atomic mass is 15.0. The highest BCUT2D eigenvalue weighted by Gasteiger charge is 2.25. The van der Waals surface area contributed by atoms with Crippen LogP contribution in [0.15, 0.2) is 91.0 Å². The predicted octanol–water partition coefficient (Wildman–Crippen LogP) is 7.53. The molecule has 0 radical (unpaired) electrons. The van der Waals surface area contributed by atoms with Crippen molar-refractivity contribution in [3.8, 4) is 22.5 Å². The second kappa shape index (κ2) is 8.75. The van der Waals surface area contributed by atoms with E-state index in [1.807, 2.05) is 0 Å². The molecule has 0 spiro atoms. The van der Waals surface area contributed by atoms with Crippen LogP contribution in [0.3, 0.4) is 0 Å². The highest BCUT2D eigenvalue weighted by Crippen LogP contribution is 2.40. The number of hydrogen-bond donors (Lipinski definition) is 0. The molecule has 1 heterocycles. The summed E-state index contributed by atoms with van der Waals surface area (Å²) in [6, 6.07) is 33.0. The van der Waals surface area contributed by atoms with Crippen LogP contribution in [-0.2, 0) is 19.4 Å². The van der Waals surface area contributed by atoms with E-state index in [2.05, 4.69) is 95.6 Å². The Balaban J connectivity index is 1.79. The van der Waals surface area contributed by atoms with Gasteiger partial charge in [-0.3, -0.25) is 0 Å². The van der Waals surface area contributed by atoms with Crippen molar-refractivity contribution in [1.29, 1.82) is 0 Å². The standard InChI is InChI=1S/C29H29N/c1-2-13-21-27-26(20-12-1)28(24-16-8-4-9-17-24)30(22-23-14-6-3-7-15-23)29(27)25-18-10-5-11-19-25/h3-11,14-19H,1-2,12-13,20-22H2. The molecule has 4 aromatic rings. The molecule has 3 aromatic carbocycles. The number of aromatic nitrogens is 1. The number of hydrogen-bond acceptors (Lipinski definition) is 0. The van der Waals surface area contributed by atoms with E-state index in [0.717, 1.165) is 6.54 Å². The summed E-state index contributed by atoms with van der Waals surface area (Å²) in [5.74, 6) is 0. The van der Waals surface area contributed by atoms with Crippen LogP contribution in [0, 0.1) is 0 Å². The van der Waals surface area contributed by atoms with Gasteiger partial charge in [0.2, 0.25) is 0 Å². The maximum absolute atomic E-state index is 2.61. The molecule has 5 rings (SSSR count). The minimum absolute atomic E-state index is 0.905. The van der Waals surface area contributed by atoms with Gasteiger partial charge < -0.3 is 4.57 Å². The molecule has 1 nitrogen and oxygen atoms in total. The molecule has 0 unspecified atom stereocenters. The van der Waals surface area contributed by atoms with Crippen molar-refractivity contribution in [1.82, 2.24) is 4.57 Å². The van der Waals surface area contributed by atoms with E-state index in [1.54, 1.807) is 11.1 Å². The molecule has 0 saturated heterocycles. The molecular formula is C29H29N. The van der Waals surface area contributed by atoms with E-state index >= 15 is 0 Å². The third-order valence-corrected chi connectivity index (χ3v) is 6.36. The molecular weight excluding hydrogens is 362 g/mol. The molecule has 0 saturated carbocycles. The highest BCUT2D eigenvalue weighted by molar-refractivity contribution is 5.77. The van der Waals surface area contributed by atoms with Crippen LogP contribution in [-0.4, -0.2) is 4.57 Å². The van der Waals surface area contributed by atoms with Crippen molar-refractivity contribution in [3.05, 3.63) is 108 Å². The Hall–Kier alpha value is -3.06. The van der Waals surface area contributed by atoms with E-state index in [1.165, 1.54) is 66.6 Å². The lowest BCUT2D eigenvalue weighted by atomic mass is 9.91. The minimum atomic E-state index is 0.905. The first kappa shape index (κ1) is 18.9. The van der Waals surface area contributed by atoms with Gasteiger partial charge in [-0.05, 0) is 53.5 Å². The van der Waals surface area contributed by atoms with Crippen LogP contribution < -0.4 is 0 Å².